The van der Waals surface area contributed by atoms with E-state index in [0.717, 1.165) is 11.3 Å². The third kappa shape index (κ3) is 3.55. The predicted octanol–water partition coefficient (Wildman–Crippen LogP) is 2.84. The Morgan fingerprint density at radius 3 is 2.63 bits per heavy atom. The molecule has 2 aromatic rings. The van der Waals surface area contributed by atoms with Crippen molar-refractivity contribution in [2.75, 3.05) is 0 Å². The second kappa shape index (κ2) is 6.01. The number of hydrogen-bond acceptors (Lipinski definition) is 5. The molecule has 0 saturated heterocycles. The molecule has 1 aromatic carbocycles. The fourth-order valence-corrected chi connectivity index (χ4v) is 1.50. The van der Waals surface area contributed by atoms with E-state index >= 15 is 0 Å². The molecule has 5 heteroatoms. The molecular weight excluding hydrogens is 242 g/mol. The Kier molecular flexibility index (Phi) is 4.14. The van der Waals surface area contributed by atoms with Crippen molar-refractivity contribution in [3.63, 3.8) is 0 Å². The first-order valence-corrected chi connectivity index (χ1v) is 6.10. The number of benzene rings is 1. The molecule has 19 heavy (non-hydrogen) atoms. The minimum Gasteiger partial charge on any atom is -0.485 e. The summed E-state index contributed by atoms with van der Waals surface area (Å²) in [6.07, 6.45) is 0.406. The summed E-state index contributed by atoms with van der Waals surface area (Å²) in [7, 11) is 0. The summed E-state index contributed by atoms with van der Waals surface area (Å²) in [6.45, 7) is 4.26. The van der Waals surface area contributed by atoms with Crippen molar-refractivity contribution in [2.24, 2.45) is 0 Å². The Morgan fingerprint density at radius 2 is 2.05 bits per heavy atom. The normalized spacial score (nSPS) is 10.4. The standard InChI is InChI=1S/C14H15N3O2/c1-10(2)14-16-13(17-19-14)9-18-12-5-3-11(4-6-12)7-8-15/h3-6,10H,7,9H2,1-2H3. The molecule has 98 valence electrons. The molecule has 0 fully saturated rings. The van der Waals surface area contributed by atoms with E-state index in [1.54, 1.807) is 0 Å². The van der Waals surface area contributed by atoms with E-state index in [-0.39, 0.29) is 12.5 Å². The van der Waals surface area contributed by atoms with Crippen LogP contribution >= 0.6 is 0 Å². The third-order valence-electron chi connectivity index (χ3n) is 2.55. The van der Waals surface area contributed by atoms with Crippen LogP contribution in [0.2, 0.25) is 0 Å². The molecule has 0 aliphatic carbocycles. The van der Waals surface area contributed by atoms with Gasteiger partial charge in [-0.2, -0.15) is 10.2 Å². The van der Waals surface area contributed by atoms with Gasteiger partial charge in [0.25, 0.3) is 0 Å². The molecule has 0 spiro atoms. The van der Waals surface area contributed by atoms with E-state index < -0.39 is 0 Å². The van der Waals surface area contributed by atoms with Crippen molar-refractivity contribution in [3.8, 4) is 11.8 Å². The van der Waals surface area contributed by atoms with Crippen LogP contribution in [0.1, 0.15) is 37.0 Å². The van der Waals surface area contributed by atoms with Gasteiger partial charge in [0.05, 0.1) is 12.5 Å². The molecule has 0 N–H and O–H groups in total. The third-order valence-corrected chi connectivity index (χ3v) is 2.55. The molecule has 0 saturated carbocycles. The van der Waals surface area contributed by atoms with Gasteiger partial charge in [-0.25, -0.2) is 0 Å². The summed E-state index contributed by atoms with van der Waals surface area (Å²) >= 11 is 0. The number of nitrogens with zero attached hydrogens (tertiary/aromatic N) is 3. The van der Waals surface area contributed by atoms with Crippen molar-refractivity contribution in [1.29, 1.82) is 5.26 Å². The highest BCUT2D eigenvalue weighted by atomic mass is 16.5. The van der Waals surface area contributed by atoms with Crippen molar-refractivity contribution >= 4 is 0 Å². The fraction of sp³-hybridized carbons (Fsp3) is 0.357. The predicted molar refractivity (Wildman–Crippen MR) is 68.5 cm³/mol. The first-order valence-electron chi connectivity index (χ1n) is 6.10. The van der Waals surface area contributed by atoms with E-state index in [0.29, 0.717) is 18.1 Å². The molecule has 0 unspecified atom stereocenters. The first-order chi connectivity index (χ1) is 9.19. The molecule has 0 radical (unpaired) electrons. The Balaban J connectivity index is 1.92. The van der Waals surface area contributed by atoms with E-state index in [9.17, 15) is 0 Å². The van der Waals surface area contributed by atoms with Crippen LogP contribution in [0.25, 0.3) is 0 Å². The van der Waals surface area contributed by atoms with Gasteiger partial charge in [-0.1, -0.05) is 31.1 Å². The lowest BCUT2D eigenvalue weighted by Gasteiger charge is -2.03. The Bertz CT molecular complexity index is 567. The van der Waals surface area contributed by atoms with Crippen molar-refractivity contribution in [2.45, 2.75) is 32.8 Å². The van der Waals surface area contributed by atoms with Gasteiger partial charge < -0.3 is 9.26 Å². The summed E-state index contributed by atoms with van der Waals surface area (Å²) in [5.74, 6) is 2.08. The molecular formula is C14H15N3O2. The average Bonchev–Trinajstić information content (AvgIpc) is 2.87. The molecule has 0 aliphatic rings. The second-order valence-corrected chi connectivity index (χ2v) is 4.47. The van der Waals surface area contributed by atoms with Gasteiger partial charge in [0, 0.05) is 5.92 Å². The zero-order chi connectivity index (χ0) is 13.7. The van der Waals surface area contributed by atoms with E-state index in [4.69, 9.17) is 14.5 Å². The van der Waals surface area contributed by atoms with E-state index in [1.165, 1.54) is 0 Å². The van der Waals surface area contributed by atoms with Crippen LogP contribution in [0.4, 0.5) is 0 Å². The van der Waals surface area contributed by atoms with Crippen LogP contribution < -0.4 is 4.74 Å². The zero-order valence-corrected chi connectivity index (χ0v) is 11.0. The van der Waals surface area contributed by atoms with E-state index in [2.05, 4.69) is 16.2 Å². The summed E-state index contributed by atoms with van der Waals surface area (Å²) < 4.78 is 10.6. The Morgan fingerprint density at radius 1 is 1.32 bits per heavy atom. The number of nitriles is 1. The van der Waals surface area contributed by atoms with Crippen LogP contribution in [0, 0.1) is 11.3 Å². The van der Waals surface area contributed by atoms with Gasteiger partial charge in [0.2, 0.25) is 11.7 Å². The highest BCUT2D eigenvalue weighted by Gasteiger charge is 2.10. The van der Waals surface area contributed by atoms with Gasteiger partial charge in [-0.05, 0) is 17.7 Å². The molecule has 1 heterocycles. The Labute approximate surface area is 111 Å². The topological polar surface area (TPSA) is 71.9 Å². The van der Waals surface area contributed by atoms with E-state index in [1.807, 2.05) is 38.1 Å². The molecule has 1 aromatic heterocycles. The van der Waals surface area contributed by atoms with Gasteiger partial charge in [-0.3, -0.25) is 0 Å². The SMILES string of the molecule is CC(C)c1nc(COc2ccc(CC#N)cc2)no1. The van der Waals surface area contributed by atoms with Gasteiger partial charge in [-0.15, -0.1) is 0 Å². The Hall–Kier alpha value is -2.35. The van der Waals surface area contributed by atoms with Crippen molar-refractivity contribution in [3.05, 3.63) is 41.5 Å². The highest BCUT2D eigenvalue weighted by Crippen LogP contribution is 2.15. The highest BCUT2D eigenvalue weighted by molar-refractivity contribution is 5.28. The van der Waals surface area contributed by atoms with Gasteiger partial charge in [0.15, 0.2) is 6.61 Å². The molecule has 0 bridgehead atoms. The zero-order valence-electron chi connectivity index (χ0n) is 11.0. The summed E-state index contributed by atoms with van der Waals surface area (Å²) in [5.41, 5.74) is 0.969. The van der Waals surface area contributed by atoms with Crippen LogP contribution in [0.5, 0.6) is 5.75 Å². The average molecular weight is 257 g/mol. The second-order valence-electron chi connectivity index (χ2n) is 4.47. The summed E-state index contributed by atoms with van der Waals surface area (Å²) in [5, 5.41) is 12.4. The minimum absolute atomic E-state index is 0.214. The fourth-order valence-electron chi connectivity index (χ4n) is 1.50. The minimum atomic E-state index is 0.214. The maximum atomic E-state index is 8.58. The maximum Gasteiger partial charge on any atom is 0.229 e. The molecule has 2 rings (SSSR count). The molecule has 0 atom stereocenters. The van der Waals surface area contributed by atoms with Crippen LogP contribution in [-0.4, -0.2) is 10.1 Å². The smallest absolute Gasteiger partial charge is 0.229 e. The van der Waals surface area contributed by atoms with Crippen LogP contribution in [0.3, 0.4) is 0 Å². The molecule has 5 nitrogen and oxygen atoms in total. The first kappa shape index (κ1) is 13.1. The van der Waals surface area contributed by atoms with Crippen molar-refractivity contribution in [1.82, 2.24) is 10.1 Å². The summed E-state index contributed by atoms with van der Waals surface area (Å²) in [4.78, 5) is 4.23. The lowest BCUT2D eigenvalue weighted by molar-refractivity contribution is 0.284. The van der Waals surface area contributed by atoms with Crippen molar-refractivity contribution < 1.29 is 9.26 Å². The number of aromatic nitrogens is 2. The lowest BCUT2D eigenvalue weighted by atomic mass is 10.2. The van der Waals surface area contributed by atoms with Crippen LogP contribution in [-0.2, 0) is 13.0 Å². The van der Waals surface area contributed by atoms with Gasteiger partial charge in [0.1, 0.15) is 5.75 Å². The number of hydrogen-bond donors (Lipinski definition) is 0. The van der Waals surface area contributed by atoms with Gasteiger partial charge >= 0.3 is 0 Å². The number of ether oxygens (including phenoxy) is 1. The largest absolute Gasteiger partial charge is 0.485 e. The number of rotatable bonds is 5. The monoisotopic (exact) mass is 257 g/mol. The molecule has 0 amide bonds. The quantitative estimate of drug-likeness (QED) is 0.823. The molecule has 0 aliphatic heterocycles. The van der Waals surface area contributed by atoms with Crippen LogP contribution in [0.15, 0.2) is 28.8 Å². The summed E-state index contributed by atoms with van der Waals surface area (Å²) in [6, 6.07) is 9.50. The maximum absolute atomic E-state index is 8.58. The lowest BCUT2D eigenvalue weighted by Crippen LogP contribution is -1.98.